The highest BCUT2D eigenvalue weighted by Gasteiger charge is 2.36. The summed E-state index contributed by atoms with van der Waals surface area (Å²) in [7, 11) is 0. The number of hydrogen-bond donors (Lipinski definition) is 3. The lowest BCUT2D eigenvalue weighted by Crippen LogP contribution is -2.46. The van der Waals surface area contributed by atoms with Crippen molar-refractivity contribution in [3.8, 4) is 0 Å². The molecule has 1 aromatic rings. The second-order valence-corrected chi connectivity index (χ2v) is 7.23. The van der Waals surface area contributed by atoms with Crippen molar-refractivity contribution in [2.45, 2.75) is 63.0 Å². The number of H-pyrrole nitrogens is 1. The molecule has 3 rings (SSSR count). The molecule has 1 saturated carbocycles. The van der Waals surface area contributed by atoms with Gasteiger partial charge in [0.25, 0.3) is 0 Å². The Morgan fingerprint density at radius 3 is 2.74 bits per heavy atom. The van der Waals surface area contributed by atoms with Gasteiger partial charge in [-0.15, -0.1) is 0 Å². The summed E-state index contributed by atoms with van der Waals surface area (Å²) in [6.07, 6.45) is 9.28. The zero-order valence-corrected chi connectivity index (χ0v) is 13.7. The Hall–Kier alpha value is -1.40. The normalized spacial score (nSPS) is 23.1. The fourth-order valence-corrected chi connectivity index (χ4v) is 4.02. The number of amides is 1. The number of aliphatic hydroxyl groups is 1. The Morgan fingerprint density at radius 1 is 1.43 bits per heavy atom. The standard InChI is InChI=1S/C17H28N4O2/c18-14(11-13-3-1-2-4-13)12-16(22)21-9-6-17(23,7-10-21)15-5-8-19-20-15/h5,8,13-14,23H,1-4,6-7,9-12,18H2,(H,19,20). The number of rotatable bonds is 5. The minimum Gasteiger partial charge on any atom is -0.383 e. The molecule has 2 heterocycles. The lowest BCUT2D eigenvalue weighted by atomic mass is 9.88. The number of nitrogens with zero attached hydrogens (tertiary/aromatic N) is 2. The third kappa shape index (κ3) is 3.93. The second-order valence-electron chi connectivity index (χ2n) is 7.23. The van der Waals surface area contributed by atoms with Crippen molar-refractivity contribution in [3.63, 3.8) is 0 Å². The van der Waals surface area contributed by atoms with Crippen molar-refractivity contribution in [1.82, 2.24) is 15.1 Å². The molecule has 1 atom stereocenters. The van der Waals surface area contributed by atoms with Crippen LogP contribution in [0.5, 0.6) is 0 Å². The number of carbonyl (C=O) groups is 1. The van der Waals surface area contributed by atoms with Crippen molar-refractivity contribution < 1.29 is 9.90 Å². The Labute approximate surface area is 137 Å². The maximum absolute atomic E-state index is 12.4. The molecule has 1 unspecified atom stereocenters. The molecule has 0 aromatic carbocycles. The fraction of sp³-hybridized carbons (Fsp3) is 0.765. The molecular weight excluding hydrogens is 292 g/mol. The average molecular weight is 320 g/mol. The lowest BCUT2D eigenvalue weighted by molar-refractivity contribution is -0.136. The SMILES string of the molecule is NC(CC(=O)N1CCC(O)(c2ccn[nH]2)CC1)CC1CCCC1. The number of carbonyl (C=O) groups excluding carboxylic acids is 1. The molecule has 6 heteroatoms. The molecule has 1 aromatic heterocycles. The van der Waals surface area contributed by atoms with Crippen molar-refractivity contribution in [2.24, 2.45) is 11.7 Å². The van der Waals surface area contributed by atoms with Gasteiger partial charge in [-0.05, 0) is 31.2 Å². The van der Waals surface area contributed by atoms with Gasteiger partial charge in [-0.25, -0.2) is 0 Å². The van der Waals surface area contributed by atoms with E-state index >= 15 is 0 Å². The molecule has 128 valence electrons. The van der Waals surface area contributed by atoms with Crippen LogP contribution in [0.15, 0.2) is 12.3 Å². The van der Waals surface area contributed by atoms with Crippen LogP contribution in [-0.4, -0.2) is 45.2 Å². The van der Waals surface area contributed by atoms with Crippen LogP contribution < -0.4 is 5.73 Å². The average Bonchev–Trinajstić information content (AvgIpc) is 3.21. The van der Waals surface area contributed by atoms with Gasteiger partial charge in [-0.1, -0.05) is 25.7 Å². The lowest BCUT2D eigenvalue weighted by Gasteiger charge is -2.37. The molecule has 0 radical (unpaired) electrons. The van der Waals surface area contributed by atoms with Crippen LogP contribution >= 0.6 is 0 Å². The molecule has 0 bridgehead atoms. The number of aromatic nitrogens is 2. The van der Waals surface area contributed by atoms with Gasteiger partial charge in [0.05, 0.1) is 5.69 Å². The molecule has 23 heavy (non-hydrogen) atoms. The maximum atomic E-state index is 12.4. The third-order valence-corrected chi connectivity index (χ3v) is 5.49. The van der Waals surface area contributed by atoms with Crippen molar-refractivity contribution in [1.29, 1.82) is 0 Å². The molecule has 1 aliphatic carbocycles. The van der Waals surface area contributed by atoms with Gasteiger partial charge < -0.3 is 15.7 Å². The number of likely N-dealkylation sites (tertiary alicyclic amines) is 1. The largest absolute Gasteiger partial charge is 0.383 e. The number of nitrogens with two attached hydrogens (primary N) is 1. The van der Waals surface area contributed by atoms with Crippen LogP contribution in [0.25, 0.3) is 0 Å². The highest BCUT2D eigenvalue weighted by atomic mass is 16.3. The minimum absolute atomic E-state index is 0.0287. The Bertz CT molecular complexity index is 503. The van der Waals surface area contributed by atoms with E-state index in [4.69, 9.17) is 5.73 Å². The van der Waals surface area contributed by atoms with Gasteiger partial charge in [0.15, 0.2) is 0 Å². The fourth-order valence-electron chi connectivity index (χ4n) is 4.02. The van der Waals surface area contributed by atoms with Crippen LogP contribution in [0.4, 0.5) is 0 Å². The summed E-state index contributed by atoms with van der Waals surface area (Å²) in [6, 6.07) is 1.77. The summed E-state index contributed by atoms with van der Waals surface area (Å²) in [6.45, 7) is 1.15. The Morgan fingerprint density at radius 2 is 2.13 bits per heavy atom. The molecule has 1 aliphatic heterocycles. The highest BCUT2D eigenvalue weighted by Crippen LogP contribution is 2.32. The topological polar surface area (TPSA) is 95.2 Å². The Kier molecular flexibility index (Phi) is 5.02. The van der Waals surface area contributed by atoms with Gasteiger partial charge in [-0.3, -0.25) is 9.89 Å². The van der Waals surface area contributed by atoms with E-state index in [1.807, 2.05) is 4.90 Å². The van der Waals surface area contributed by atoms with Crippen LogP contribution in [0.3, 0.4) is 0 Å². The van der Waals surface area contributed by atoms with Crippen molar-refractivity contribution >= 4 is 5.91 Å². The van der Waals surface area contributed by atoms with E-state index in [2.05, 4.69) is 10.2 Å². The van der Waals surface area contributed by atoms with Gasteiger partial charge in [-0.2, -0.15) is 5.10 Å². The van der Waals surface area contributed by atoms with E-state index in [-0.39, 0.29) is 11.9 Å². The van der Waals surface area contributed by atoms with Gasteiger partial charge >= 0.3 is 0 Å². The molecule has 2 aliphatic rings. The molecule has 2 fully saturated rings. The first-order valence-corrected chi connectivity index (χ1v) is 8.82. The van der Waals surface area contributed by atoms with E-state index in [9.17, 15) is 9.90 Å². The second kappa shape index (κ2) is 7.01. The number of piperidine rings is 1. The van der Waals surface area contributed by atoms with E-state index in [1.54, 1.807) is 12.3 Å². The summed E-state index contributed by atoms with van der Waals surface area (Å²) in [5.41, 5.74) is 6.03. The third-order valence-electron chi connectivity index (χ3n) is 5.49. The van der Waals surface area contributed by atoms with Crippen LogP contribution in [-0.2, 0) is 10.4 Å². The van der Waals surface area contributed by atoms with Gasteiger partial charge in [0.2, 0.25) is 5.91 Å². The molecule has 4 N–H and O–H groups in total. The molecule has 6 nitrogen and oxygen atoms in total. The quantitative estimate of drug-likeness (QED) is 0.766. The summed E-state index contributed by atoms with van der Waals surface area (Å²) in [4.78, 5) is 14.3. The van der Waals surface area contributed by atoms with Crippen molar-refractivity contribution in [2.75, 3.05) is 13.1 Å². The smallest absolute Gasteiger partial charge is 0.224 e. The van der Waals surface area contributed by atoms with Crippen LogP contribution in [0, 0.1) is 5.92 Å². The van der Waals surface area contributed by atoms with Gasteiger partial charge in [0.1, 0.15) is 5.60 Å². The van der Waals surface area contributed by atoms with E-state index in [1.165, 1.54) is 25.7 Å². The number of hydrogen-bond acceptors (Lipinski definition) is 4. The van der Waals surface area contributed by atoms with Crippen molar-refractivity contribution in [3.05, 3.63) is 18.0 Å². The number of nitrogens with one attached hydrogen (secondary N) is 1. The summed E-state index contributed by atoms with van der Waals surface area (Å²) in [5, 5.41) is 17.4. The molecule has 0 spiro atoms. The van der Waals surface area contributed by atoms with E-state index in [0.717, 1.165) is 12.1 Å². The zero-order chi connectivity index (χ0) is 16.3. The number of aromatic amines is 1. The summed E-state index contributed by atoms with van der Waals surface area (Å²) in [5.74, 6) is 0.840. The monoisotopic (exact) mass is 320 g/mol. The Balaban J connectivity index is 1.46. The molecule has 1 saturated heterocycles. The van der Waals surface area contributed by atoms with Gasteiger partial charge in [0, 0.05) is 31.7 Å². The van der Waals surface area contributed by atoms with Crippen LogP contribution in [0.1, 0.15) is 57.1 Å². The first-order chi connectivity index (χ1) is 11.1. The van der Waals surface area contributed by atoms with E-state index < -0.39 is 5.60 Å². The summed E-state index contributed by atoms with van der Waals surface area (Å²) < 4.78 is 0. The minimum atomic E-state index is -0.890. The van der Waals surface area contributed by atoms with Crippen LogP contribution in [0.2, 0.25) is 0 Å². The zero-order valence-electron chi connectivity index (χ0n) is 13.7. The van der Waals surface area contributed by atoms with E-state index in [0.29, 0.717) is 38.3 Å². The molecule has 1 amide bonds. The summed E-state index contributed by atoms with van der Waals surface area (Å²) >= 11 is 0. The maximum Gasteiger partial charge on any atom is 0.224 e. The highest BCUT2D eigenvalue weighted by molar-refractivity contribution is 5.77. The predicted octanol–water partition coefficient (Wildman–Crippen LogP) is 1.52. The first-order valence-electron chi connectivity index (χ1n) is 8.82. The first kappa shape index (κ1) is 16.5. The predicted molar refractivity (Wildman–Crippen MR) is 87.5 cm³/mol. The molecular formula is C17H28N4O2.